The molecule has 2 aromatic rings. The number of hydrogen-bond donors (Lipinski definition) is 1. The van der Waals surface area contributed by atoms with Crippen molar-refractivity contribution in [2.24, 2.45) is 0 Å². The number of benzene rings is 1. The quantitative estimate of drug-likeness (QED) is 0.300. The highest BCUT2D eigenvalue weighted by molar-refractivity contribution is 7.80. The summed E-state index contributed by atoms with van der Waals surface area (Å²) < 4.78 is 12.5. The number of aromatic nitrogens is 2. The van der Waals surface area contributed by atoms with E-state index in [1.54, 1.807) is 19.3 Å². The van der Waals surface area contributed by atoms with E-state index < -0.39 is 4.92 Å². The van der Waals surface area contributed by atoms with Gasteiger partial charge >= 0.3 is 5.82 Å². The highest BCUT2D eigenvalue weighted by atomic mass is 32.1. The number of thiocarbonyl (C=S) groups is 1. The number of ether oxygens (including phenoxy) is 2. The van der Waals surface area contributed by atoms with Gasteiger partial charge in [-0.3, -0.25) is 9.69 Å². The first-order chi connectivity index (χ1) is 14.9. The molecule has 2 aliphatic rings. The SMILES string of the molecule is COc1ccc(/C=C2/NC(=S)N(CC3CCCO3)C2=O)cc1Cn1ccc([N+](=O)[O-])n1. The fourth-order valence-corrected chi connectivity index (χ4v) is 3.89. The van der Waals surface area contributed by atoms with Crippen molar-refractivity contribution < 1.29 is 19.2 Å². The van der Waals surface area contributed by atoms with E-state index >= 15 is 0 Å². The Morgan fingerprint density at radius 2 is 2.29 bits per heavy atom. The lowest BCUT2D eigenvalue weighted by Crippen LogP contribution is -2.37. The average Bonchev–Trinajstić information content (AvgIpc) is 3.47. The van der Waals surface area contributed by atoms with Gasteiger partial charge in [0.1, 0.15) is 11.4 Å². The molecule has 1 aromatic heterocycles. The second kappa shape index (κ2) is 8.82. The molecule has 31 heavy (non-hydrogen) atoms. The topological polar surface area (TPSA) is 112 Å². The summed E-state index contributed by atoms with van der Waals surface area (Å²) >= 11 is 5.33. The summed E-state index contributed by atoms with van der Waals surface area (Å²) in [7, 11) is 1.55. The molecule has 11 heteroatoms. The van der Waals surface area contributed by atoms with Gasteiger partial charge in [0, 0.05) is 12.2 Å². The first-order valence-corrected chi connectivity index (χ1v) is 10.2. The summed E-state index contributed by atoms with van der Waals surface area (Å²) in [6, 6.07) is 6.78. The maximum atomic E-state index is 12.8. The van der Waals surface area contributed by atoms with Gasteiger partial charge in [-0.25, -0.2) is 0 Å². The number of carbonyl (C=O) groups excluding carboxylic acids is 1. The van der Waals surface area contributed by atoms with Crippen molar-refractivity contribution in [2.45, 2.75) is 25.5 Å². The van der Waals surface area contributed by atoms with Crippen LogP contribution in [0.4, 0.5) is 5.82 Å². The first kappa shape index (κ1) is 20.9. The van der Waals surface area contributed by atoms with Gasteiger partial charge in [-0.2, -0.15) is 4.68 Å². The Kier molecular flexibility index (Phi) is 5.96. The van der Waals surface area contributed by atoms with Crippen molar-refractivity contribution in [1.29, 1.82) is 0 Å². The number of methoxy groups -OCH3 is 1. The lowest BCUT2D eigenvalue weighted by Gasteiger charge is -2.18. The number of amides is 1. The van der Waals surface area contributed by atoms with Crippen LogP contribution >= 0.6 is 12.2 Å². The van der Waals surface area contributed by atoms with Crippen molar-refractivity contribution in [3.63, 3.8) is 0 Å². The van der Waals surface area contributed by atoms with Gasteiger partial charge in [0.05, 0.1) is 43.7 Å². The molecule has 0 bridgehead atoms. The summed E-state index contributed by atoms with van der Waals surface area (Å²) in [5.74, 6) is 0.194. The Hall–Kier alpha value is -3.31. The molecule has 4 rings (SSSR count). The molecule has 1 amide bonds. The van der Waals surface area contributed by atoms with Gasteiger partial charge in [0.2, 0.25) is 0 Å². The van der Waals surface area contributed by atoms with Crippen LogP contribution in [0.3, 0.4) is 0 Å². The third kappa shape index (κ3) is 4.57. The van der Waals surface area contributed by atoms with Crippen molar-refractivity contribution in [3.05, 3.63) is 57.4 Å². The lowest BCUT2D eigenvalue weighted by atomic mass is 10.1. The Balaban J connectivity index is 1.54. The van der Waals surface area contributed by atoms with E-state index in [1.165, 1.54) is 21.8 Å². The Morgan fingerprint density at radius 1 is 1.45 bits per heavy atom. The van der Waals surface area contributed by atoms with E-state index in [9.17, 15) is 14.9 Å². The van der Waals surface area contributed by atoms with Crippen LogP contribution in [0.15, 0.2) is 36.2 Å². The maximum Gasteiger partial charge on any atom is 0.389 e. The number of nitrogens with zero attached hydrogens (tertiary/aromatic N) is 4. The zero-order chi connectivity index (χ0) is 22.0. The minimum Gasteiger partial charge on any atom is -0.496 e. The van der Waals surface area contributed by atoms with Gasteiger partial charge in [-0.05, 0) is 53.8 Å². The van der Waals surface area contributed by atoms with Crippen LogP contribution in [0.1, 0.15) is 24.0 Å². The van der Waals surface area contributed by atoms with Gasteiger partial charge in [0.25, 0.3) is 5.91 Å². The van der Waals surface area contributed by atoms with E-state index in [4.69, 9.17) is 21.7 Å². The van der Waals surface area contributed by atoms with Crippen LogP contribution in [-0.4, -0.2) is 57.0 Å². The predicted octanol–water partition coefficient (Wildman–Crippen LogP) is 2.08. The average molecular weight is 443 g/mol. The minimum atomic E-state index is -0.544. The molecule has 2 aliphatic heterocycles. The summed E-state index contributed by atoms with van der Waals surface area (Å²) in [6.07, 6.45) is 5.17. The van der Waals surface area contributed by atoms with E-state index in [0.717, 1.165) is 24.0 Å². The molecule has 0 aliphatic carbocycles. The van der Waals surface area contributed by atoms with Crippen LogP contribution in [0.5, 0.6) is 5.75 Å². The minimum absolute atomic E-state index is 0.00812. The molecule has 0 saturated carbocycles. The molecule has 1 N–H and O–H groups in total. The zero-order valence-corrected chi connectivity index (χ0v) is 17.6. The molecule has 10 nitrogen and oxygen atoms in total. The predicted molar refractivity (Wildman–Crippen MR) is 115 cm³/mol. The lowest BCUT2D eigenvalue weighted by molar-refractivity contribution is -0.389. The largest absolute Gasteiger partial charge is 0.496 e. The molecule has 3 heterocycles. The molecule has 0 radical (unpaired) electrons. The summed E-state index contributed by atoms with van der Waals surface area (Å²) in [5, 5.41) is 18.1. The Morgan fingerprint density at radius 3 is 2.97 bits per heavy atom. The van der Waals surface area contributed by atoms with Gasteiger partial charge in [0.15, 0.2) is 5.11 Å². The zero-order valence-electron chi connectivity index (χ0n) is 16.8. The van der Waals surface area contributed by atoms with Crippen molar-refractivity contribution in [2.75, 3.05) is 20.3 Å². The molecule has 2 saturated heterocycles. The first-order valence-electron chi connectivity index (χ1n) is 9.75. The highest BCUT2D eigenvalue weighted by Crippen LogP contribution is 2.24. The molecule has 1 atom stereocenters. The monoisotopic (exact) mass is 443 g/mol. The number of carbonyl (C=O) groups is 1. The summed E-state index contributed by atoms with van der Waals surface area (Å²) in [5.41, 5.74) is 1.91. The number of nitro groups is 1. The molecule has 162 valence electrons. The van der Waals surface area contributed by atoms with Crippen LogP contribution in [-0.2, 0) is 16.1 Å². The number of nitrogens with one attached hydrogen (secondary N) is 1. The molecule has 1 unspecified atom stereocenters. The van der Waals surface area contributed by atoms with Gasteiger partial charge in [-0.15, -0.1) is 0 Å². The maximum absolute atomic E-state index is 12.8. The van der Waals surface area contributed by atoms with E-state index in [1.807, 2.05) is 12.1 Å². The van der Waals surface area contributed by atoms with Crippen LogP contribution in [0.25, 0.3) is 6.08 Å². The van der Waals surface area contributed by atoms with E-state index in [2.05, 4.69) is 10.4 Å². The van der Waals surface area contributed by atoms with Crippen molar-refractivity contribution in [3.8, 4) is 5.75 Å². The van der Waals surface area contributed by atoms with Crippen molar-refractivity contribution >= 4 is 35.1 Å². The van der Waals surface area contributed by atoms with E-state index in [-0.39, 0.29) is 24.4 Å². The summed E-state index contributed by atoms with van der Waals surface area (Å²) in [4.78, 5) is 24.7. The van der Waals surface area contributed by atoms with Crippen molar-refractivity contribution in [1.82, 2.24) is 20.0 Å². The van der Waals surface area contributed by atoms with Crippen LogP contribution in [0.2, 0.25) is 0 Å². The van der Waals surface area contributed by atoms with Crippen LogP contribution in [0, 0.1) is 10.1 Å². The molecule has 2 fully saturated rings. The fourth-order valence-electron chi connectivity index (χ4n) is 3.62. The standard InChI is InChI=1S/C20H21N5O5S/c1-29-17-5-4-13(9-14(17)11-23-7-6-18(22-23)25(27)28)10-16-19(26)24(20(31)21-16)12-15-3-2-8-30-15/h4-7,9-10,15H,2-3,8,11-12H2,1H3,(H,21,31)/b16-10+. The Bertz CT molecular complexity index is 1060. The third-order valence-electron chi connectivity index (χ3n) is 5.13. The van der Waals surface area contributed by atoms with E-state index in [0.29, 0.717) is 29.7 Å². The molecule has 0 spiro atoms. The molecular weight excluding hydrogens is 422 g/mol. The second-order valence-corrected chi connectivity index (χ2v) is 7.63. The normalized spacial score (nSPS) is 19.8. The highest BCUT2D eigenvalue weighted by Gasteiger charge is 2.33. The fraction of sp³-hybridized carbons (Fsp3) is 0.350. The summed E-state index contributed by atoms with van der Waals surface area (Å²) in [6.45, 7) is 1.43. The Labute approximate surface area is 183 Å². The molecule has 1 aromatic carbocycles. The second-order valence-electron chi connectivity index (χ2n) is 7.24. The molecular formula is C20H21N5O5S. The van der Waals surface area contributed by atoms with Crippen LogP contribution < -0.4 is 10.1 Å². The smallest absolute Gasteiger partial charge is 0.389 e. The third-order valence-corrected chi connectivity index (χ3v) is 5.46. The number of rotatable bonds is 7. The van der Waals surface area contributed by atoms with Gasteiger partial charge < -0.3 is 24.9 Å². The number of hydrogen-bond acceptors (Lipinski definition) is 7. The van der Waals surface area contributed by atoms with Gasteiger partial charge in [-0.1, -0.05) is 6.07 Å².